The molecule has 0 heterocycles. The van der Waals surface area contributed by atoms with Crippen molar-refractivity contribution in [1.29, 1.82) is 0 Å². The molecule has 70 valence electrons. The molecule has 1 aromatic rings. The van der Waals surface area contributed by atoms with Gasteiger partial charge < -0.3 is 5.73 Å². The Morgan fingerprint density at radius 3 is 2.77 bits per heavy atom. The molecule has 0 saturated heterocycles. The van der Waals surface area contributed by atoms with E-state index in [4.69, 9.17) is 5.73 Å². The lowest BCUT2D eigenvalue weighted by molar-refractivity contribution is 0.489. The summed E-state index contributed by atoms with van der Waals surface area (Å²) in [5.41, 5.74) is 5.79. The SMILES string of the molecule is C=CC[C@@H](N)c1cccc(F)c1F. The minimum absolute atomic E-state index is 0.194. The van der Waals surface area contributed by atoms with Gasteiger partial charge in [-0.25, -0.2) is 8.78 Å². The maximum Gasteiger partial charge on any atom is 0.163 e. The third-order valence-electron chi connectivity index (χ3n) is 1.80. The molecule has 1 rings (SSSR count). The van der Waals surface area contributed by atoms with Gasteiger partial charge in [0.15, 0.2) is 11.6 Å². The molecule has 1 nitrogen and oxygen atoms in total. The number of benzene rings is 1. The summed E-state index contributed by atoms with van der Waals surface area (Å²) in [4.78, 5) is 0. The van der Waals surface area contributed by atoms with Gasteiger partial charge in [-0.15, -0.1) is 6.58 Å². The molecule has 0 spiro atoms. The van der Waals surface area contributed by atoms with Gasteiger partial charge in [-0.3, -0.25) is 0 Å². The van der Waals surface area contributed by atoms with Crippen LogP contribution >= 0.6 is 0 Å². The molecule has 0 saturated carbocycles. The third-order valence-corrected chi connectivity index (χ3v) is 1.80. The van der Waals surface area contributed by atoms with Crippen molar-refractivity contribution < 1.29 is 8.78 Å². The van der Waals surface area contributed by atoms with Gasteiger partial charge in [0, 0.05) is 11.6 Å². The molecule has 1 atom stereocenters. The van der Waals surface area contributed by atoms with Crippen molar-refractivity contribution in [3.05, 3.63) is 48.1 Å². The molecule has 0 bridgehead atoms. The normalized spacial score (nSPS) is 12.5. The Hall–Kier alpha value is -1.22. The number of nitrogens with two attached hydrogens (primary N) is 1. The topological polar surface area (TPSA) is 26.0 Å². The lowest BCUT2D eigenvalue weighted by atomic mass is 10.0. The Bertz CT molecular complexity index is 310. The van der Waals surface area contributed by atoms with Crippen molar-refractivity contribution >= 4 is 0 Å². The first-order valence-corrected chi connectivity index (χ1v) is 3.97. The first kappa shape index (κ1) is 9.86. The minimum atomic E-state index is -0.864. The molecular weight excluding hydrogens is 172 g/mol. The van der Waals surface area contributed by atoms with Crippen molar-refractivity contribution in [3.8, 4) is 0 Å². The number of hydrogen-bond acceptors (Lipinski definition) is 1. The van der Waals surface area contributed by atoms with Crippen LogP contribution in [0.15, 0.2) is 30.9 Å². The van der Waals surface area contributed by atoms with E-state index in [1.54, 1.807) is 6.08 Å². The van der Waals surface area contributed by atoms with E-state index in [9.17, 15) is 8.78 Å². The van der Waals surface area contributed by atoms with Crippen LogP contribution in [0.2, 0.25) is 0 Å². The van der Waals surface area contributed by atoms with Crippen molar-refractivity contribution in [3.63, 3.8) is 0 Å². The molecule has 0 aromatic heterocycles. The van der Waals surface area contributed by atoms with E-state index < -0.39 is 17.7 Å². The van der Waals surface area contributed by atoms with Crippen LogP contribution in [-0.2, 0) is 0 Å². The van der Waals surface area contributed by atoms with Crippen LogP contribution in [0.1, 0.15) is 18.0 Å². The fraction of sp³-hybridized carbons (Fsp3) is 0.200. The number of rotatable bonds is 3. The summed E-state index contributed by atoms with van der Waals surface area (Å²) in [6.45, 7) is 3.48. The molecule has 0 fully saturated rings. The van der Waals surface area contributed by atoms with Gasteiger partial charge in [0.25, 0.3) is 0 Å². The standard InChI is InChI=1S/C10H11F2N/c1-2-4-9(13)7-5-3-6-8(11)10(7)12/h2-3,5-6,9H,1,4,13H2/t9-/m1/s1. The van der Waals surface area contributed by atoms with Crippen molar-refractivity contribution in [2.24, 2.45) is 5.73 Å². The highest BCUT2D eigenvalue weighted by atomic mass is 19.2. The maximum absolute atomic E-state index is 13.1. The zero-order valence-corrected chi connectivity index (χ0v) is 7.13. The molecule has 0 unspecified atom stereocenters. The molecule has 1 aromatic carbocycles. The summed E-state index contributed by atoms with van der Waals surface area (Å²) in [7, 11) is 0. The molecule has 2 N–H and O–H groups in total. The van der Waals surface area contributed by atoms with Gasteiger partial charge >= 0.3 is 0 Å². The van der Waals surface area contributed by atoms with Crippen LogP contribution in [0.25, 0.3) is 0 Å². The molecule has 0 aliphatic heterocycles. The molecule has 3 heteroatoms. The zero-order chi connectivity index (χ0) is 9.84. The number of hydrogen-bond donors (Lipinski definition) is 1. The van der Waals surface area contributed by atoms with Crippen LogP contribution < -0.4 is 5.73 Å². The fourth-order valence-electron chi connectivity index (χ4n) is 1.11. The predicted octanol–water partition coefficient (Wildman–Crippen LogP) is 2.54. The van der Waals surface area contributed by atoms with Gasteiger partial charge in [-0.1, -0.05) is 18.2 Å². The second-order valence-corrected chi connectivity index (χ2v) is 2.77. The van der Waals surface area contributed by atoms with Crippen molar-refractivity contribution in [2.75, 3.05) is 0 Å². The highest BCUT2D eigenvalue weighted by Crippen LogP contribution is 2.19. The van der Waals surface area contributed by atoms with Gasteiger partial charge in [0.1, 0.15) is 0 Å². The molecular formula is C10H11F2N. The van der Waals surface area contributed by atoms with Crippen LogP contribution in [-0.4, -0.2) is 0 Å². The first-order chi connectivity index (χ1) is 6.16. The Morgan fingerprint density at radius 2 is 2.15 bits per heavy atom. The molecule has 0 radical (unpaired) electrons. The van der Waals surface area contributed by atoms with Crippen LogP contribution in [0.5, 0.6) is 0 Å². The summed E-state index contributed by atoms with van der Waals surface area (Å²) in [6.07, 6.45) is 2.01. The lowest BCUT2D eigenvalue weighted by Crippen LogP contribution is -2.11. The summed E-state index contributed by atoms with van der Waals surface area (Å²) >= 11 is 0. The van der Waals surface area contributed by atoms with Crippen LogP contribution in [0.4, 0.5) is 8.78 Å². The Labute approximate surface area is 75.9 Å². The highest BCUT2D eigenvalue weighted by Gasteiger charge is 2.12. The molecule has 0 aliphatic carbocycles. The summed E-state index contributed by atoms with van der Waals surface area (Å²) in [5.74, 6) is -1.73. The quantitative estimate of drug-likeness (QED) is 0.716. The second kappa shape index (κ2) is 4.14. The maximum atomic E-state index is 13.1. The van der Waals surface area contributed by atoms with E-state index in [1.807, 2.05) is 0 Å². The van der Waals surface area contributed by atoms with Gasteiger partial charge in [0.2, 0.25) is 0 Å². The summed E-state index contributed by atoms with van der Waals surface area (Å²) in [5, 5.41) is 0. The Balaban J connectivity index is 3.00. The highest BCUT2D eigenvalue weighted by molar-refractivity contribution is 5.22. The van der Waals surface area contributed by atoms with Gasteiger partial charge in [-0.2, -0.15) is 0 Å². The van der Waals surface area contributed by atoms with Crippen LogP contribution in [0.3, 0.4) is 0 Å². The van der Waals surface area contributed by atoms with Crippen molar-refractivity contribution in [2.45, 2.75) is 12.5 Å². The zero-order valence-electron chi connectivity index (χ0n) is 7.13. The van der Waals surface area contributed by atoms with E-state index in [0.29, 0.717) is 6.42 Å². The van der Waals surface area contributed by atoms with E-state index in [1.165, 1.54) is 12.1 Å². The van der Waals surface area contributed by atoms with E-state index in [-0.39, 0.29) is 5.56 Å². The van der Waals surface area contributed by atoms with Gasteiger partial charge in [0.05, 0.1) is 0 Å². The Kier molecular flexibility index (Phi) is 3.14. The average Bonchev–Trinajstić information content (AvgIpc) is 2.10. The van der Waals surface area contributed by atoms with E-state index in [2.05, 4.69) is 6.58 Å². The fourth-order valence-corrected chi connectivity index (χ4v) is 1.11. The van der Waals surface area contributed by atoms with Gasteiger partial charge in [-0.05, 0) is 12.5 Å². The van der Waals surface area contributed by atoms with Crippen LogP contribution in [0, 0.1) is 11.6 Å². The van der Waals surface area contributed by atoms with E-state index in [0.717, 1.165) is 6.07 Å². The largest absolute Gasteiger partial charge is 0.324 e. The molecule has 0 amide bonds. The monoisotopic (exact) mass is 183 g/mol. The molecule has 13 heavy (non-hydrogen) atoms. The van der Waals surface area contributed by atoms with Crippen molar-refractivity contribution in [1.82, 2.24) is 0 Å². The second-order valence-electron chi connectivity index (χ2n) is 2.77. The summed E-state index contributed by atoms with van der Waals surface area (Å²) in [6, 6.07) is 3.47. The average molecular weight is 183 g/mol. The minimum Gasteiger partial charge on any atom is -0.324 e. The lowest BCUT2D eigenvalue weighted by Gasteiger charge is -2.10. The Morgan fingerprint density at radius 1 is 1.46 bits per heavy atom. The van der Waals surface area contributed by atoms with E-state index >= 15 is 0 Å². The predicted molar refractivity (Wildman–Crippen MR) is 48.1 cm³/mol. The molecule has 0 aliphatic rings. The summed E-state index contributed by atoms with van der Waals surface area (Å²) < 4.78 is 25.8. The first-order valence-electron chi connectivity index (χ1n) is 3.97. The smallest absolute Gasteiger partial charge is 0.163 e. The number of halogens is 2. The third kappa shape index (κ3) is 2.12.